The number of aliphatic carboxylic acids is 1. The summed E-state index contributed by atoms with van der Waals surface area (Å²) in [6, 6.07) is 0.431. The molecule has 0 aliphatic heterocycles. The van der Waals surface area contributed by atoms with Crippen LogP contribution < -0.4 is 5.32 Å². The molecule has 3 heteroatoms. The number of carboxylic acid groups (broad SMARTS) is 1. The van der Waals surface area contributed by atoms with Crippen LogP contribution in [0.4, 0.5) is 0 Å². The predicted octanol–water partition coefficient (Wildman–Crippen LogP) is 2.94. The van der Waals surface area contributed by atoms with E-state index in [1.54, 1.807) is 0 Å². The van der Waals surface area contributed by atoms with Crippen molar-refractivity contribution in [3.63, 3.8) is 0 Å². The molecule has 98 valence electrons. The second-order valence-electron chi connectivity index (χ2n) is 6.71. The third kappa shape index (κ3) is 2.82. The van der Waals surface area contributed by atoms with Gasteiger partial charge in [0, 0.05) is 6.04 Å². The molecule has 0 saturated heterocycles. The first-order valence-corrected chi connectivity index (χ1v) is 6.95. The van der Waals surface area contributed by atoms with Crippen molar-refractivity contribution in [3.8, 4) is 0 Å². The van der Waals surface area contributed by atoms with E-state index < -0.39 is 11.5 Å². The topological polar surface area (TPSA) is 49.3 Å². The van der Waals surface area contributed by atoms with Crippen LogP contribution in [0.1, 0.15) is 65.2 Å². The molecule has 1 unspecified atom stereocenters. The monoisotopic (exact) mass is 239 g/mol. The second kappa shape index (κ2) is 4.60. The molecular weight excluding hydrogens is 214 g/mol. The van der Waals surface area contributed by atoms with Crippen LogP contribution in [0, 0.1) is 5.41 Å². The highest BCUT2D eigenvalue weighted by atomic mass is 16.4. The third-order valence-corrected chi connectivity index (χ3v) is 4.48. The first-order chi connectivity index (χ1) is 7.94. The van der Waals surface area contributed by atoms with Crippen molar-refractivity contribution < 1.29 is 9.90 Å². The normalized spacial score (nSPS) is 33.8. The fourth-order valence-corrected chi connectivity index (χ4v) is 3.69. The molecule has 2 N–H and O–H groups in total. The maximum Gasteiger partial charge on any atom is 0.323 e. The van der Waals surface area contributed by atoms with Crippen LogP contribution in [0.15, 0.2) is 0 Å². The van der Waals surface area contributed by atoms with Crippen molar-refractivity contribution in [2.75, 3.05) is 0 Å². The lowest BCUT2D eigenvalue weighted by Crippen LogP contribution is -2.59. The van der Waals surface area contributed by atoms with Gasteiger partial charge in [-0.15, -0.1) is 0 Å². The first-order valence-electron chi connectivity index (χ1n) is 6.95. The SMILES string of the molecule is CC1(C)CCCC(NC2CCCC2)(C(=O)O)C1. The molecule has 0 aromatic rings. The van der Waals surface area contributed by atoms with Crippen LogP contribution in [-0.4, -0.2) is 22.7 Å². The zero-order valence-electron chi connectivity index (χ0n) is 11.1. The van der Waals surface area contributed by atoms with Crippen LogP contribution >= 0.6 is 0 Å². The molecule has 0 aromatic carbocycles. The Morgan fingerprint density at radius 1 is 1.18 bits per heavy atom. The van der Waals surface area contributed by atoms with Gasteiger partial charge in [-0.05, 0) is 37.5 Å². The Kier molecular flexibility index (Phi) is 3.48. The van der Waals surface area contributed by atoms with Gasteiger partial charge < -0.3 is 5.11 Å². The quantitative estimate of drug-likeness (QED) is 0.796. The highest BCUT2D eigenvalue weighted by Crippen LogP contribution is 2.42. The molecule has 2 aliphatic rings. The summed E-state index contributed by atoms with van der Waals surface area (Å²) in [6.45, 7) is 4.39. The average molecular weight is 239 g/mol. The summed E-state index contributed by atoms with van der Waals surface area (Å²) in [5.74, 6) is -0.642. The summed E-state index contributed by atoms with van der Waals surface area (Å²) in [5, 5.41) is 13.1. The second-order valence-corrected chi connectivity index (χ2v) is 6.71. The minimum absolute atomic E-state index is 0.155. The lowest BCUT2D eigenvalue weighted by molar-refractivity contribution is -0.148. The van der Waals surface area contributed by atoms with Crippen LogP contribution in [0.25, 0.3) is 0 Å². The van der Waals surface area contributed by atoms with E-state index in [0.717, 1.165) is 38.5 Å². The van der Waals surface area contributed by atoms with Gasteiger partial charge in [-0.2, -0.15) is 0 Å². The number of rotatable bonds is 3. The Bertz CT molecular complexity index is 295. The summed E-state index contributed by atoms with van der Waals surface area (Å²) in [6.07, 6.45) is 8.53. The summed E-state index contributed by atoms with van der Waals surface area (Å²) in [4.78, 5) is 11.7. The van der Waals surface area contributed by atoms with E-state index in [1.165, 1.54) is 12.8 Å². The van der Waals surface area contributed by atoms with Crippen LogP contribution in [-0.2, 0) is 4.79 Å². The van der Waals surface area contributed by atoms with Crippen molar-refractivity contribution in [2.45, 2.75) is 76.8 Å². The highest BCUT2D eigenvalue weighted by molar-refractivity contribution is 5.79. The number of carbonyl (C=O) groups is 1. The van der Waals surface area contributed by atoms with E-state index in [1.807, 2.05) is 0 Å². The Hall–Kier alpha value is -0.570. The maximum atomic E-state index is 11.7. The molecule has 0 spiro atoms. The Morgan fingerprint density at radius 2 is 1.82 bits per heavy atom. The van der Waals surface area contributed by atoms with Crippen LogP contribution in [0.3, 0.4) is 0 Å². The maximum absolute atomic E-state index is 11.7. The van der Waals surface area contributed by atoms with E-state index >= 15 is 0 Å². The molecule has 17 heavy (non-hydrogen) atoms. The van der Waals surface area contributed by atoms with Gasteiger partial charge in [0.2, 0.25) is 0 Å². The fourth-order valence-electron chi connectivity index (χ4n) is 3.69. The molecule has 2 fully saturated rings. The van der Waals surface area contributed by atoms with Crippen molar-refractivity contribution in [2.24, 2.45) is 5.41 Å². The molecule has 2 aliphatic carbocycles. The smallest absolute Gasteiger partial charge is 0.323 e. The number of carboxylic acids is 1. The standard InChI is InChI=1S/C14H25NO2/c1-13(2)8-5-9-14(10-13,12(16)17)15-11-6-3-4-7-11/h11,15H,3-10H2,1-2H3,(H,16,17). The molecule has 2 saturated carbocycles. The van der Waals surface area contributed by atoms with E-state index in [-0.39, 0.29) is 5.41 Å². The third-order valence-electron chi connectivity index (χ3n) is 4.48. The minimum Gasteiger partial charge on any atom is -0.480 e. The van der Waals surface area contributed by atoms with E-state index in [2.05, 4.69) is 19.2 Å². The zero-order chi connectivity index (χ0) is 12.5. The van der Waals surface area contributed by atoms with Gasteiger partial charge in [-0.25, -0.2) is 0 Å². The van der Waals surface area contributed by atoms with Crippen molar-refractivity contribution in [3.05, 3.63) is 0 Å². The predicted molar refractivity (Wildman–Crippen MR) is 68.0 cm³/mol. The molecule has 0 aromatic heterocycles. The summed E-state index contributed by atoms with van der Waals surface area (Å²) < 4.78 is 0. The first kappa shape index (κ1) is 12.9. The lowest BCUT2D eigenvalue weighted by Gasteiger charge is -2.44. The van der Waals surface area contributed by atoms with Gasteiger partial charge in [0.05, 0.1) is 0 Å². The molecule has 0 heterocycles. The number of nitrogens with one attached hydrogen (secondary N) is 1. The average Bonchev–Trinajstić information content (AvgIpc) is 2.68. The largest absolute Gasteiger partial charge is 0.480 e. The summed E-state index contributed by atoms with van der Waals surface area (Å²) >= 11 is 0. The zero-order valence-corrected chi connectivity index (χ0v) is 11.1. The van der Waals surface area contributed by atoms with Crippen LogP contribution in [0.5, 0.6) is 0 Å². The Labute approximate surface area is 104 Å². The minimum atomic E-state index is -0.656. The molecule has 3 nitrogen and oxygen atoms in total. The number of hydrogen-bond donors (Lipinski definition) is 2. The van der Waals surface area contributed by atoms with Crippen molar-refractivity contribution in [1.82, 2.24) is 5.32 Å². The Balaban J connectivity index is 2.11. The van der Waals surface area contributed by atoms with Gasteiger partial charge in [-0.3, -0.25) is 10.1 Å². The molecule has 1 atom stereocenters. The number of hydrogen-bond acceptors (Lipinski definition) is 2. The van der Waals surface area contributed by atoms with Gasteiger partial charge in [0.15, 0.2) is 0 Å². The van der Waals surface area contributed by atoms with Gasteiger partial charge in [-0.1, -0.05) is 33.1 Å². The molecular formula is C14H25NO2. The van der Waals surface area contributed by atoms with E-state index in [4.69, 9.17) is 0 Å². The van der Waals surface area contributed by atoms with Gasteiger partial charge in [0.1, 0.15) is 5.54 Å². The van der Waals surface area contributed by atoms with Gasteiger partial charge >= 0.3 is 5.97 Å². The highest BCUT2D eigenvalue weighted by Gasteiger charge is 2.46. The van der Waals surface area contributed by atoms with E-state index in [9.17, 15) is 9.90 Å². The molecule has 0 amide bonds. The van der Waals surface area contributed by atoms with Crippen molar-refractivity contribution in [1.29, 1.82) is 0 Å². The molecule has 0 radical (unpaired) electrons. The molecule has 0 bridgehead atoms. The van der Waals surface area contributed by atoms with E-state index in [0.29, 0.717) is 6.04 Å². The summed E-state index contributed by atoms with van der Waals surface area (Å²) in [7, 11) is 0. The Morgan fingerprint density at radius 3 is 2.35 bits per heavy atom. The molecule has 2 rings (SSSR count). The lowest BCUT2D eigenvalue weighted by atomic mass is 9.68. The summed E-state index contributed by atoms with van der Waals surface area (Å²) in [5.41, 5.74) is -0.501. The van der Waals surface area contributed by atoms with Crippen molar-refractivity contribution >= 4 is 5.97 Å². The fraction of sp³-hybridized carbons (Fsp3) is 0.929. The van der Waals surface area contributed by atoms with Crippen LogP contribution in [0.2, 0.25) is 0 Å². The van der Waals surface area contributed by atoms with Gasteiger partial charge in [0.25, 0.3) is 0 Å².